The second kappa shape index (κ2) is 9.27. The van der Waals surface area contributed by atoms with Crippen LogP contribution in [0.15, 0.2) is 48.5 Å². The highest BCUT2D eigenvalue weighted by molar-refractivity contribution is 6.34. The molecule has 1 fully saturated rings. The van der Waals surface area contributed by atoms with Crippen LogP contribution >= 0.6 is 11.6 Å². The summed E-state index contributed by atoms with van der Waals surface area (Å²) in [5.74, 6) is -1.28. The van der Waals surface area contributed by atoms with Crippen LogP contribution in [0.25, 0.3) is 10.9 Å². The summed E-state index contributed by atoms with van der Waals surface area (Å²) in [6.07, 6.45) is -2.79. The van der Waals surface area contributed by atoms with Crippen molar-refractivity contribution >= 4 is 45.9 Å². The van der Waals surface area contributed by atoms with Crippen molar-refractivity contribution in [1.82, 2.24) is 4.98 Å². The minimum Gasteiger partial charge on any atom is -0.452 e. The maximum Gasteiger partial charge on any atom is 0.418 e. The van der Waals surface area contributed by atoms with Gasteiger partial charge in [0.1, 0.15) is 11.4 Å². The number of para-hydroxylation sites is 2. The number of alkyl halides is 3. The van der Waals surface area contributed by atoms with E-state index in [1.54, 1.807) is 12.1 Å². The Bertz CT molecular complexity index is 1210. The summed E-state index contributed by atoms with van der Waals surface area (Å²) in [6, 6.07) is 12.1. The number of rotatable bonds is 5. The third kappa shape index (κ3) is 5.03. The highest BCUT2D eigenvalue weighted by atomic mass is 35.5. The fraction of sp³-hybridized carbons (Fsp3) is 0.261. The van der Waals surface area contributed by atoms with E-state index >= 15 is 0 Å². The second-order valence-electron chi connectivity index (χ2n) is 7.53. The monoisotopic (exact) mass is 477 g/mol. The average molecular weight is 478 g/mol. The number of nitrogens with one attached hydrogen (secondary N) is 1. The zero-order valence-electron chi connectivity index (χ0n) is 17.3. The van der Waals surface area contributed by atoms with E-state index in [2.05, 4.69) is 10.3 Å². The van der Waals surface area contributed by atoms with Gasteiger partial charge >= 0.3 is 12.1 Å². The van der Waals surface area contributed by atoms with Crippen LogP contribution in [-0.2, 0) is 15.7 Å². The van der Waals surface area contributed by atoms with Crippen molar-refractivity contribution in [1.29, 1.82) is 0 Å². The van der Waals surface area contributed by atoms with Crippen molar-refractivity contribution in [3.05, 3.63) is 64.7 Å². The Labute approximate surface area is 192 Å². The van der Waals surface area contributed by atoms with E-state index < -0.39 is 35.9 Å². The molecule has 1 N–H and O–H groups in total. The number of anilines is 2. The fourth-order valence-electron chi connectivity index (χ4n) is 3.70. The number of carbonyl (C=O) groups excluding carboxylic acids is 2. The number of esters is 1. The minimum absolute atomic E-state index is 0.192. The Hall–Kier alpha value is -3.33. The van der Waals surface area contributed by atoms with E-state index in [0.29, 0.717) is 11.3 Å². The van der Waals surface area contributed by atoms with E-state index in [4.69, 9.17) is 16.3 Å². The molecule has 0 bridgehead atoms. The molecule has 1 amide bonds. The first-order valence-corrected chi connectivity index (χ1v) is 10.6. The highest BCUT2D eigenvalue weighted by Gasteiger charge is 2.35. The van der Waals surface area contributed by atoms with Crippen LogP contribution in [-0.4, -0.2) is 36.6 Å². The molecule has 1 aromatic heterocycles. The van der Waals surface area contributed by atoms with Crippen LogP contribution in [0, 0.1) is 0 Å². The Morgan fingerprint density at radius 3 is 2.55 bits per heavy atom. The van der Waals surface area contributed by atoms with Gasteiger partial charge in [0.25, 0.3) is 5.91 Å². The van der Waals surface area contributed by atoms with Gasteiger partial charge in [-0.1, -0.05) is 35.9 Å². The lowest BCUT2D eigenvalue weighted by molar-refractivity contribution is -0.137. The number of hydrogen-bond donors (Lipinski definition) is 1. The van der Waals surface area contributed by atoms with E-state index in [-0.39, 0.29) is 10.6 Å². The number of pyridine rings is 1. The number of hydrogen-bond acceptors (Lipinski definition) is 5. The molecule has 4 rings (SSSR count). The van der Waals surface area contributed by atoms with Crippen molar-refractivity contribution in [2.75, 3.05) is 29.9 Å². The van der Waals surface area contributed by atoms with E-state index in [1.165, 1.54) is 6.07 Å². The van der Waals surface area contributed by atoms with Gasteiger partial charge in [0.05, 0.1) is 21.8 Å². The predicted molar refractivity (Wildman–Crippen MR) is 119 cm³/mol. The van der Waals surface area contributed by atoms with Crippen molar-refractivity contribution < 1.29 is 27.5 Å². The molecule has 0 aliphatic carbocycles. The average Bonchev–Trinajstić information content (AvgIpc) is 3.32. The molecule has 6 nitrogen and oxygen atoms in total. The van der Waals surface area contributed by atoms with Crippen LogP contribution in [0.5, 0.6) is 0 Å². The van der Waals surface area contributed by atoms with Crippen LogP contribution in [0.2, 0.25) is 5.02 Å². The standard InChI is InChI=1S/C23H19ClF3N3O3/c24-17-8-5-7-16(23(25,26)27)20(17)29-19(31)13-33-22(32)15-12-14-6-1-2-9-18(14)28-21(15)30-10-3-4-11-30/h1-2,5-9,12H,3-4,10-11,13H2,(H,29,31). The number of aromatic nitrogens is 1. The molecule has 1 saturated heterocycles. The molecular weight excluding hydrogens is 459 g/mol. The quantitative estimate of drug-likeness (QED) is 0.505. The van der Waals surface area contributed by atoms with Gasteiger partial charge < -0.3 is 15.0 Å². The van der Waals surface area contributed by atoms with Gasteiger partial charge in [0.15, 0.2) is 6.61 Å². The highest BCUT2D eigenvalue weighted by Crippen LogP contribution is 2.38. The van der Waals surface area contributed by atoms with E-state index in [0.717, 1.165) is 43.5 Å². The van der Waals surface area contributed by atoms with Gasteiger partial charge in [-0.15, -0.1) is 0 Å². The molecule has 0 unspecified atom stereocenters. The van der Waals surface area contributed by atoms with Gasteiger partial charge in [0, 0.05) is 18.5 Å². The summed E-state index contributed by atoms with van der Waals surface area (Å²) in [6.45, 7) is 0.686. The lowest BCUT2D eigenvalue weighted by Crippen LogP contribution is -2.25. The lowest BCUT2D eigenvalue weighted by Gasteiger charge is -2.20. The number of carbonyl (C=O) groups is 2. The summed E-state index contributed by atoms with van der Waals surface area (Å²) < 4.78 is 44.8. The molecule has 0 atom stereocenters. The third-order valence-electron chi connectivity index (χ3n) is 5.25. The summed E-state index contributed by atoms with van der Waals surface area (Å²) in [7, 11) is 0. The first-order valence-electron chi connectivity index (χ1n) is 10.2. The second-order valence-corrected chi connectivity index (χ2v) is 7.94. The van der Waals surface area contributed by atoms with E-state index in [1.807, 2.05) is 23.1 Å². The molecular formula is C23H19ClF3N3O3. The van der Waals surface area contributed by atoms with Crippen molar-refractivity contribution in [3.8, 4) is 0 Å². The minimum atomic E-state index is -4.72. The number of amides is 1. The number of halogens is 4. The third-order valence-corrected chi connectivity index (χ3v) is 5.56. The summed E-state index contributed by atoms with van der Waals surface area (Å²) >= 11 is 5.85. The first-order chi connectivity index (χ1) is 15.7. The van der Waals surface area contributed by atoms with Gasteiger partial charge in [0.2, 0.25) is 0 Å². The summed E-state index contributed by atoms with van der Waals surface area (Å²) in [5.41, 5.74) is -0.771. The molecule has 0 saturated carbocycles. The zero-order valence-corrected chi connectivity index (χ0v) is 18.0. The molecule has 3 aromatic rings. The van der Waals surface area contributed by atoms with Crippen LogP contribution in [0.4, 0.5) is 24.7 Å². The molecule has 33 heavy (non-hydrogen) atoms. The lowest BCUT2D eigenvalue weighted by atomic mass is 10.1. The van der Waals surface area contributed by atoms with Crippen molar-refractivity contribution in [2.45, 2.75) is 19.0 Å². The first kappa shape index (κ1) is 22.8. The molecule has 2 heterocycles. The summed E-state index contributed by atoms with van der Waals surface area (Å²) in [4.78, 5) is 31.7. The smallest absolute Gasteiger partial charge is 0.418 e. The van der Waals surface area contributed by atoms with E-state index in [9.17, 15) is 22.8 Å². The number of nitrogens with zero attached hydrogens (tertiary/aromatic N) is 2. The summed E-state index contributed by atoms with van der Waals surface area (Å²) in [5, 5.41) is 2.54. The molecule has 1 aliphatic rings. The van der Waals surface area contributed by atoms with Crippen molar-refractivity contribution in [3.63, 3.8) is 0 Å². The fourth-order valence-corrected chi connectivity index (χ4v) is 3.92. The molecule has 1 aliphatic heterocycles. The Morgan fingerprint density at radius 2 is 1.82 bits per heavy atom. The Morgan fingerprint density at radius 1 is 1.09 bits per heavy atom. The maximum absolute atomic E-state index is 13.2. The van der Waals surface area contributed by atoms with Crippen LogP contribution in [0.1, 0.15) is 28.8 Å². The van der Waals surface area contributed by atoms with Gasteiger partial charge in [-0.2, -0.15) is 13.2 Å². The number of ether oxygens (including phenoxy) is 1. The topological polar surface area (TPSA) is 71.5 Å². The Balaban J connectivity index is 1.53. The largest absolute Gasteiger partial charge is 0.452 e. The molecule has 10 heteroatoms. The van der Waals surface area contributed by atoms with Crippen LogP contribution < -0.4 is 10.2 Å². The van der Waals surface area contributed by atoms with Crippen LogP contribution in [0.3, 0.4) is 0 Å². The number of benzene rings is 2. The maximum atomic E-state index is 13.2. The van der Waals surface area contributed by atoms with Gasteiger partial charge in [-0.3, -0.25) is 4.79 Å². The SMILES string of the molecule is O=C(COC(=O)c1cc2ccccc2nc1N1CCCC1)Nc1c(Cl)cccc1C(F)(F)F. The van der Waals surface area contributed by atoms with Gasteiger partial charge in [-0.05, 0) is 37.1 Å². The molecule has 0 radical (unpaired) electrons. The predicted octanol–water partition coefficient (Wildman–Crippen LogP) is 5.30. The van der Waals surface area contributed by atoms with Gasteiger partial charge in [-0.25, -0.2) is 9.78 Å². The normalized spacial score (nSPS) is 13.9. The zero-order chi connectivity index (χ0) is 23.6. The Kier molecular flexibility index (Phi) is 6.42. The molecule has 172 valence electrons. The van der Waals surface area contributed by atoms with Crippen molar-refractivity contribution in [2.24, 2.45) is 0 Å². The molecule has 0 spiro atoms. The molecule has 2 aromatic carbocycles. The number of fused-ring (bicyclic) bond motifs is 1.